The molecule has 0 spiro atoms. The average molecular weight is 410 g/mol. The van der Waals surface area contributed by atoms with E-state index < -0.39 is 0 Å². The van der Waals surface area contributed by atoms with Gasteiger partial charge in [0.1, 0.15) is 0 Å². The van der Waals surface area contributed by atoms with E-state index in [-0.39, 0.29) is 5.91 Å². The molecule has 1 aliphatic rings. The maximum atomic E-state index is 12.9. The first-order chi connectivity index (χ1) is 15.2. The summed E-state index contributed by atoms with van der Waals surface area (Å²) < 4.78 is 2.26. The zero-order valence-electron chi connectivity index (χ0n) is 17.0. The lowest BCUT2D eigenvalue weighted by Gasteiger charge is -2.32. The highest BCUT2D eigenvalue weighted by Crippen LogP contribution is 2.25. The van der Waals surface area contributed by atoms with E-state index in [1.54, 1.807) is 24.4 Å². The molecule has 1 aromatic carbocycles. The lowest BCUT2D eigenvalue weighted by molar-refractivity contribution is 0.0683. The molecule has 7 heteroatoms. The van der Waals surface area contributed by atoms with Crippen molar-refractivity contribution in [1.29, 1.82) is 5.26 Å². The Morgan fingerprint density at radius 3 is 2.77 bits per heavy atom. The lowest BCUT2D eigenvalue weighted by Crippen LogP contribution is -2.39. The van der Waals surface area contributed by atoms with Gasteiger partial charge in [0.25, 0.3) is 5.91 Å². The van der Waals surface area contributed by atoms with E-state index >= 15 is 0 Å². The average Bonchev–Trinajstić information content (AvgIpc) is 3.49. The molecule has 0 atom stereocenters. The number of nitrogens with one attached hydrogen (secondary N) is 1. The number of carbonyl (C=O) groups excluding carboxylic acids is 1. The molecule has 7 nitrogen and oxygen atoms in total. The van der Waals surface area contributed by atoms with E-state index in [2.05, 4.69) is 39.2 Å². The Morgan fingerprint density at radius 2 is 2.00 bits per heavy atom. The van der Waals surface area contributed by atoms with Crippen LogP contribution >= 0.6 is 0 Å². The summed E-state index contributed by atoms with van der Waals surface area (Å²) in [6, 6.07) is 15.3. The SMILES string of the molecule is N#Cc1ccccc1C(=O)N1CCC(Cn2ccc3nc(-c4cn[nH]c4)ccc32)CC1. The first-order valence-electron chi connectivity index (χ1n) is 10.5. The van der Waals surface area contributed by atoms with Gasteiger partial charge in [0, 0.05) is 37.6 Å². The Morgan fingerprint density at radius 1 is 1.16 bits per heavy atom. The predicted molar refractivity (Wildman–Crippen MR) is 117 cm³/mol. The van der Waals surface area contributed by atoms with Crippen LogP contribution in [0.4, 0.5) is 0 Å². The third-order valence-electron chi connectivity index (χ3n) is 6.05. The van der Waals surface area contributed by atoms with Gasteiger partial charge in [0.2, 0.25) is 0 Å². The number of fused-ring (bicyclic) bond motifs is 1. The number of aromatic amines is 1. The van der Waals surface area contributed by atoms with Crippen molar-refractivity contribution in [2.24, 2.45) is 5.92 Å². The molecule has 4 aromatic rings. The number of nitrogens with zero attached hydrogens (tertiary/aromatic N) is 5. The molecule has 154 valence electrons. The third-order valence-corrected chi connectivity index (χ3v) is 6.05. The van der Waals surface area contributed by atoms with Crippen LogP contribution in [-0.4, -0.2) is 43.6 Å². The maximum absolute atomic E-state index is 12.9. The van der Waals surface area contributed by atoms with E-state index in [0.29, 0.717) is 30.1 Å². The Hall–Kier alpha value is -3.92. The number of H-pyrrole nitrogens is 1. The molecular formula is C24H22N6O. The molecule has 4 heterocycles. The molecule has 1 amide bonds. The molecule has 0 bridgehead atoms. The fourth-order valence-corrected chi connectivity index (χ4v) is 4.32. The number of likely N-dealkylation sites (tertiary alicyclic amines) is 1. The van der Waals surface area contributed by atoms with E-state index in [0.717, 1.165) is 41.7 Å². The minimum atomic E-state index is -0.0435. The summed E-state index contributed by atoms with van der Waals surface area (Å²) in [6.07, 6.45) is 7.60. The second kappa shape index (κ2) is 8.07. The minimum Gasteiger partial charge on any atom is -0.346 e. The molecule has 1 fully saturated rings. The number of benzene rings is 1. The summed E-state index contributed by atoms with van der Waals surface area (Å²) in [5.41, 5.74) is 4.91. The normalized spacial score (nSPS) is 14.6. The summed E-state index contributed by atoms with van der Waals surface area (Å²) in [5, 5.41) is 16.1. The van der Waals surface area contributed by atoms with Gasteiger partial charge in [-0.1, -0.05) is 12.1 Å². The van der Waals surface area contributed by atoms with Crippen molar-refractivity contribution >= 4 is 16.9 Å². The van der Waals surface area contributed by atoms with Crippen molar-refractivity contribution in [3.63, 3.8) is 0 Å². The highest BCUT2D eigenvalue weighted by Gasteiger charge is 2.25. The zero-order chi connectivity index (χ0) is 21.2. The van der Waals surface area contributed by atoms with Gasteiger partial charge in [-0.25, -0.2) is 4.98 Å². The van der Waals surface area contributed by atoms with Crippen LogP contribution in [0.15, 0.2) is 61.1 Å². The number of aromatic nitrogens is 4. The van der Waals surface area contributed by atoms with Crippen molar-refractivity contribution in [1.82, 2.24) is 24.6 Å². The van der Waals surface area contributed by atoms with Crippen LogP contribution in [-0.2, 0) is 6.54 Å². The Balaban J connectivity index is 1.25. The number of amides is 1. The summed E-state index contributed by atoms with van der Waals surface area (Å²) in [7, 11) is 0. The van der Waals surface area contributed by atoms with Gasteiger partial charge in [-0.05, 0) is 49.1 Å². The van der Waals surface area contributed by atoms with Crippen molar-refractivity contribution in [2.75, 3.05) is 13.1 Å². The smallest absolute Gasteiger partial charge is 0.255 e. The molecule has 5 rings (SSSR count). The Bertz CT molecular complexity index is 1260. The van der Waals surface area contributed by atoms with Gasteiger partial charge in [0.05, 0.1) is 40.1 Å². The molecule has 1 saturated heterocycles. The zero-order valence-corrected chi connectivity index (χ0v) is 17.0. The van der Waals surface area contributed by atoms with Gasteiger partial charge in [0.15, 0.2) is 0 Å². The summed E-state index contributed by atoms with van der Waals surface area (Å²) in [5.74, 6) is 0.456. The summed E-state index contributed by atoms with van der Waals surface area (Å²) in [4.78, 5) is 19.5. The lowest BCUT2D eigenvalue weighted by atomic mass is 9.95. The summed E-state index contributed by atoms with van der Waals surface area (Å²) >= 11 is 0. The van der Waals surface area contributed by atoms with E-state index in [1.165, 1.54) is 0 Å². The van der Waals surface area contributed by atoms with Crippen molar-refractivity contribution in [3.8, 4) is 17.3 Å². The number of nitriles is 1. The summed E-state index contributed by atoms with van der Waals surface area (Å²) in [6.45, 7) is 2.34. The van der Waals surface area contributed by atoms with E-state index in [1.807, 2.05) is 23.2 Å². The number of hydrogen-bond acceptors (Lipinski definition) is 4. The Labute approximate surface area is 179 Å². The first kappa shape index (κ1) is 19.1. The van der Waals surface area contributed by atoms with Gasteiger partial charge < -0.3 is 9.47 Å². The highest BCUT2D eigenvalue weighted by atomic mass is 16.2. The molecular weight excluding hydrogens is 388 g/mol. The van der Waals surface area contributed by atoms with Crippen LogP contribution < -0.4 is 0 Å². The van der Waals surface area contributed by atoms with Crippen LogP contribution in [0.3, 0.4) is 0 Å². The fourth-order valence-electron chi connectivity index (χ4n) is 4.32. The van der Waals surface area contributed by atoms with Crippen LogP contribution in [0.5, 0.6) is 0 Å². The van der Waals surface area contributed by atoms with Gasteiger partial charge in [-0.2, -0.15) is 10.4 Å². The number of pyridine rings is 1. The first-order valence-corrected chi connectivity index (χ1v) is 10.5. The van der Waals surface area contributed by atoms with Gasteiger partial charge >= 0.3 is 0 Å². The number of piperidine rings is 1. The van der Waals surface area contributed by atoms with E-state index in [4.69, 9.17) is 4.98 Å². The van der Waals surface area contributed by atoms with Crippen molar-refractivity contribution in [2.45, 2.75) is 19.4 Å². The molecule has 0 saturated carbocycles. The maximum Gasteiger partial charge on any atom is 0.255 e. The van der Waals surface area contributed by atoms with Crippen LogP contribution in [0, 0.1) is 17.2 Å². The monoisotopic (exact) mass is 410 g/mol. The second-order valence-corrected chi connectivity index (χ2v) is 7.95. The molecule has 0 aliphatic carbocycles. The minimum absolute atomic E-state index is 0.0435. The molecule has 0 unspecified atom stereocenters. The topological polar surface area (TPSA) is 90.6 Å². The van der Waals surface area contributed by atoms with E-state index in [9.17, 15) is 10.1 Å². The third kappa shape index (κ3) is 3.68. The van der Waals surface area contributed by atoms with Crippen molar-refractivity contribution in [3.05, 3.63) is 72.2 Å². The second-order valence-electron chi connectivity index (χ2n) is 7.95. The van der Waals surface area contributed by atoms with Crippen LogP contribution in [0.1, 0.15) is 28.8 Å². The molecule has 31 heavy (non-hydrogen) atoms. The molecule has 1 aliphatic heterocycles. The fraction of sp³-hybridized carbons (Fsp3) is 0.250. The largest absolute Gasteiger partial charge is 0.346 e. The number of rotatable bonds is 4. The van der Waals surface area contributed by atoms with Gasteiger partial charge in [-0.15, -0.1) is 0 Å². The standard InChI is InChI=1S/C24H22N6O/c25-13-18-3-1-2-4-20(18)24(31)29-10-7-17(8-11-29)16-30-12-9-22-23(30)6-5-21(28-22)19-14-26-27-15-19/h1-6,9,12,14-15,17H,7-8,10-11,16H2,(H,26,27). The predicted octanol–water partition coefficient (Wildman–Crippen LogP) is 3.85. The van der Waals surface area contributed by atoms with Crippen LogP contribution in [0.2, 0.25) is 0 Å². The number of hydrogen-bond donors (Lipinski definition) is 1. The highest BCUT2D eigenvalue weighted by molar-refractivity contribution is 5.96. The number of carbonyl (C=O) groups is 1. The molecule has 0 radical (unpaired) electrons. The van der Waals surface area contributed by atoms with Gasteiger partial charge in [-0.3, -0.25) is 9.89 Å². The van der Waals surface area contributed by atoms with Crippen LogP contribution in [0.25, 0.3) is 22.3 Å². The molecule has 3 aromatic heterocycles. The molecule has 1 N–H and O–H groups in total. The quantitative estimate of drug-likeness (QED) is 0.553. The van der Waals surface area contributed by atoms with Crippen molar-refractivity contribution < 1.29 is 4.79 Å². The Kier molecular flexibility index (Phi) is 4.97.